The number of fused-ring (bicyclic) bond motifs is 1. The third-order valence-electron chi connectivity index (χ3n) is 2.94. The molecule has 0 radical (unpaired) electrons. The minimum Gasteiger partial charge on any atom is -0.342 e. The summed E-state index contributed by atoms with van der Waals surface area (Å²) < 4.78 is 1.04. The van der Waals surface area contributed by atoms with Crippen LogP contribution >= 0.6 is 22.6 Å². The first kappa shape index (κ1) is 13.1. The molecular formula is C15H12IN3O. The number of imidazole rings is 1. The molecule has 0 unspecified atom stereocenters. The third-order valence-corrected chi connectivity index (χ3v) is 3.62. The van der Waals surface area contributed by atoms with Gasteiger partial charge in [-0.2, -0.15) is 0 Å². The molecule has 1 aromatic heterocycles. The number of aryl methyl sites for hydroxylation is 1. The van der Waals surface area contributed by atoms with E-state index in [0.29, 0.717) is 5.56 Å². The monoisotopic (exact) mass is 377 g/mol. The van der Waals surface area contributed by atoms with E-state index in [4.69, 9.17) is 0 Å². The molecule has 2 aromatic carbocycles. The number of H-pyrrole nitrogens is 1. The normalized spacial score (nSPS) is 10.7. The van der Waals surface area contributed by atoms with Crippen LogP contribution in [0.25, 0.3) is 11.0 Å². The molecule has 0 spiro atoms. The van der Waals surface area contributed by atoms with Crippen molar-refractivity contribution in [1.29, 1.82) is 0 Å². The molecule has 1 amide bonds. The minimum absolute atomic E-state index is 0.112. The van der Waals surface area contributed by atoms with Crippen molar-refractivity contribution in [2.45, 2.75) is 6.92 Å². The van der Waals surface area contributed by atoms with E-state index in [1.165, 1.54) is 0 Å². The van der Waals surface area contributed by atoms with E-state index in [9.17, 15) is 4.79 Å². The van der Waals surface area contributed by atoms with Crippen molar-refractivity contribution in [2.24, 2.45) is 0 Å². The summed E-state index contributed by atoms with van der Waals surface area (Å²) in [6.45, 7) is 1.91. The third kappa shape index (κ3) is 2.67. The lowest BCUT2D eigenvalue weighted by Crippen LogP contribution is -2.11. The Morgan fingerprint density at radius 1 is 1.25 bits per heavy atom. The zero-order valence-electron chi connectivity index (χ0n) is 10.8. The Bertz CT molecular complexity index is 795. The average molecular weight is 377 g/mol. The fourth-order valence-electron chi connectivity index (χ4n) is 2.05. The zero-order valence-corrected chi connectivity index (χ0v) is 12.9. The first-order chi connectivity index (χ1) is 9.61. The van der Waals surface area contributed by atoms with Gasteiger partial charge in [0, 0.05) is 14.8 Å². The fourth-order valence-corrected chi connectivity index (χ4v) is 2.59. The maximum Gasteiger partial charge on any atom is 0.255 e. The molecule has 2 N–H and O–H groups in total. The molecule has 0 aliphatic heterocycles. The van der Waals surface area contributed by atoms with Gasteiger partial charge >= 0.3 is 0 Å². The largest absolute Gasteiger partial charge is 0.342 e. The number of carbonyl (C=O) groups is 1. The van der Waals surface area contributed by atoms with Gasteiger partial charge in [-0.3, -0.25) is 4.79 Å². The van der Waals surface area contributed by atoms with Crippen molar-refractivity contribution in [3.8, 4) is 0 Å². The van der Waals surface area contributed by atoms with Gasteiger partial charge in [0.25, 0.3) is 5.91 Å². The summed E-state index contributed by atoms with van der Waals surface area (Å²) in [7, 11) is 0. The lowest BCUT2D eigenvalue weighted by molar-refractivity contribution is 0.102. The quantitative estimate of drug-likeness (QED) is 0.669. The number of aromatic nitrogens is 2. The van der Waals surface area contributed by atoms with E-state index < -0.39 is 0 Å². The van der Waals surface area contributed by atoms with Crippen LogP contribution in [0.2, 0.25) is 0 Å². The predicted molar refractivity (Wildman–Crippen MR) is 87.9 cm³/mol. The number of nitrogens with zero attached hydrogens (tertiary/aromatic N) is 1. The number of nitrogens with one attached hydrogen (secondary N) is 2. The maximum atomic E-state index is 12.2. The van der Waals surface area contributed by atoms with Crippen LogP contribution in [0.3, 0.4) is 0 Å². The van der Waals surface area contributed by atoms with Crippen molar-refractivity contribution >= 4 is 45.2 Å². The van der Waals surface area contributed by atoms with E-state index in [0.717, 1.165) is 26.1 Å². The van der Waals surface area contributed by atoms with Crippen LogP contribution in [0.5, 0.6) is 0 Å². The van der Waals surface area contributed by atoms with Crippen LogP contribution < -0.4 is 5.32 Å². The summed E-state index contributed by atoms with van der Waals surface area (Å²) in [5.41, 5.74) is 3.22. The van der Waals surface area contributed by atoms with Gasteiger partial charge in [-0.25, -0.2) is 4.98 Å². The molecule has 0 aliphatic carbocycles. The van der Waals surface area contributed by atoms with Gasteiger partial charge in [0.2, 0.25) is 0 Å². The van der Waals surface area contributed by atoms with Crippen LogP contribution in [0, 0.1) is 10.5 Å². The van der Waals surface area contributed by atoms with Gasteiger partial charge in [0.1, 0.15) is 5.82 Å². The number of aromatic amines is 1. The van der Waals surface area contributed by atoms with E-state index in [2.05, 4.69) is 37.9 Å². The zero-order chi connectivity index (χ0) is 14.1. The number of anilines is 1. The number of halogens is 1. The predicted octanol–water partition coefficient (Wildman–Crippen LogP) is 3.73. The van der Waals surface area contributed by atoms with E-state index in [1.807, 2.05) is 43.3 Å². The van der Waals surface area contributed by atoms with Gasteiger partial charge in [0.15, 0.2) is 0 Å². The summed E-state index contributed by atoms with van der Waals surface area (Å²) in [6, 6.07) is 13.1. The molecule has 0 saturated carbocycles. The van der Waals surface area contributed by atoms with Crippen LogP contribution in [-0.2, 0) is 0 Å². The molecule has 1 heterocycles. The Morgan fingerprint density at radius 3 is 2.90 bits per heavy atom. The van der Waals surface area contributed by atoms with Crippen molar-refractivity contribution in [1.82, 2.24) is 9.97 Å². The molecular weight excluding hydrogens is 365 g/mol. The van der Waals surface area contributed by atoms with Gasteiger partial charge in [-0.1, -0.05) is 6.07 Å². The lowest BCUT2D eigenvalue weighted by Gasteiger charge is -2.05. The molecule has 0 atom stereocenters. The number of amides is 1. The summed E-state index contributed by atoms with van der Waals surface area (Å²) in [6.07, 6.45) is 0. The second kappa shape index (κ2) is 5.24. The van der Waals surface area contributed by atoms with Crippen LogP contribution in [0.1, 0.15) is 16.2 Å². The van der Waals surface area contributed by atoms with Crippen molar-refractivity contribution < 1.29 is 4.79 Å². The number of hydrogen-bond donors (Lipinski definition) is 2. The van der Waals surface area contributed by atoms with Crippen LogP contribution in [0.15, 0.2) is 42.5 Å². The molecule has 0 aliphatic rings. The number of rotatable bonds is 2. The second-order valence-corrected chi connectivity index (χ2v) is 5.76. The summed E-state index contributed by atoms with van der Waals surface area (Å²) in [5, 5.41) is 2.90. The Balaban J connectivity index is 1.87. The highest BCUT2D eigenvalue weighted by atomic mass is 127. The summed E-state index contributed by atoms with van der Waals surface area (Å²) in [5.74, 6) is 0.750. The topological polar surface area (TPSA) is 57.8 Å². The molecule has 0 bridgehead atoms. The highest BCUT2D eigenvalue weighted by Crippen LogP contribution is 2.18. The standard InChI is InChI=1S/C15H12IN3O/c1-9-17-13-6-5-12(8-14(13)18-9)19-15(20)10-3-2-4-11(16)7-10/h2-8H,1H3,(H,17,18)(H,19,20). The summed E-state index contributed by atoms with van der Waals surface area (Å²) in [4.78, 5) is 19.7. The smallest absolute Gasteiger partial charge is 0.255 e. The Morgan fingerprint density at radius 2 is 2.10 bits per heavy atom. The maximum absolute atomic E-state index is 12.2. The van der Waals surface area contributed by atoms with E-state index >= 15 is 0 Å². The molecule has 0 fully saturated rings. The SMILES string of the molecule is Cc1nc2ccc(NC(=O)c3cccc(I)c3)cc2[nH]1. The number of benzene rings is 2. The van der Waals surface area contributed by atoms with Crippen molar-refractivity contribution in [2.75, 3.05) is 5.32 Å². The van der Waals surface area contributed by atoms with Crippen molar-refractivity contribution in [3.63, 3.8) is 0 Å². The number of carbonyl (C=O) groups excluding carboxylic acids is 1. The van der Waals surface area contributed by atoms with Crippen LogP contribution in [-0.4, -0.2) is 15.9 Å². The molecule has 3 aromatic rings. The molecule has 5 heteroatoms. The van der Waals surface area contributed by atoms with Gasteiger partial charge < -0.3 is 10.3 Å². The number of hydrogen-bond acceptors (Lipinski definition) is 2. The summed E-state index contributed by atoms with van der Waals surface area (Å²) >= 11 is 2.19. The van der Waals surface area contributed by atoms with Crippen molar-refractivity contribution in [3.05, 3.63) is 57.4 Å². The minimum atomic E-state index is -0.112. The second-order valence-electron chi connectivity index (χ2n) is 4.52. The molecule has 0 saturated heterocycles. The van der Waals surface area contributed by atoms with Gasteiger partial charge in [-0.05, 0) is 65.9 Å². The fraction of sp³-hybridized carbons (Fsp3) is 0.0667. The Labute approximate surface area is 129 Å². The molecule has 20 heavy (non-hydrogen) atoms. The highest BCUT2D eigenvalue weighted by molar-refractivity contribution is 14.1. The van der Waals surface area contributed by atoms with Gasteiger partial charge in [-0.15, -0.1) is 0 Å². The van der Waals surface area contributed by atoms with E-state index in [1.54, 1.807) is 6.07 Å². The Hall–Kier alpha value is -1.89. The average Bonchev–Trinajstić information content (AvgIpc) is 2.78. The van der Waals surface area contributed by atoms with Crippen LogP contribution in [0.4, 0.5) is 5.69 Å². The first-order valence-electron chi connectivity index (χ1n) is 6.15. The Kier molecular flexibility index (Phi) is 3.43. The first-order valence-corrected chi connectivity index (χ1v) is 7.23. The molecule has 3 rings (SSSR count). The molecule has 4 nitrogen and oxygen atoms in total. The highest BCUT2D eigenvalue weighted by Gasteiger charge is 2.07. The van der Waals surface area contributed by atoms with E-state index in [-0.39, 0.29) is 5.91 Å². The van der Waals surface area contributed by atoms with Gasteiger partial charge in [0.05, 0.1) is 11.0 Å². The lowest BCUT2D eigenvalue weighted by atomic mass is 10.2. The molecule has 100 valence electrons.